The van der Waals surface area contributed by atoms with Crippen LogP contribution in [0, 0.1) is 13.8 Å². The highest BCUT2D eigenvalue weighted by Gasteiger charge is 2.04. The fourth-order valence-electron chi connectivity index (χ4n) is 2.32. The Morgan fingerprint density at radius 1 is 1.33 bits per heavy atom. The largest absolute Gasteiger partial charge is 0.467 e. The van der Waals surface area contributed by atoms with Gasteiger partial charge in [-0.2, -0.15) is 10.1 Å². The third kappa shape index (κ3) is 3.75. The number of ether oxygens (including phenoxy) is 1. The van der Waals surface area contributed by atoms with Crippen LogP contribution in [-0.2, 0) is 4.79 Å². The van der Waals surface area contributed by atoms with Crippen molar-refractivity contribution in [1.82, 2.24) is 20.4 Å². The summed E-state index contributed by atoms with van der Waals surface area (Å²) in [6, 6.07) is 9.46. The van der Waals surface area contributed by atoms with Crippen LogP contribution in [0.5, 0.6) is 5.88 Å². The molecule has 0 saturated heterocycles. The van der Waals surface area contributed by atoms with Gasteiger partial charge in [0.05, 0.1) is 6.21 Å². The molecule has 0 unspecified atom stereocenters. The monoisotopic (exact) mass is 323 g/mol. The first-order valence-corrected chi connectivity index (χ1v) is 7.45. The second kappa shape index (κ2) is 6.91. The summed E-state index contributed by atoms with van der Waals surface area (Å²) < 4.78 is 5.35. The molecule has 3 rings (SSSR count). The lowest BCUT2D eigenvalue weighted by atomic mass is 10.1. The van der Waals surface area contributed by atoms with E-state index >= 15 is 0 Å². The summed E-state index contributed by atoms with van der Waals surface area (Å²) in [5.41, 5.74) is 5.16. The number of hydrogen-bond acceptors (Lipinski definition) is 5. The number of fused-ring (bicyclic) bond motifs is 1. The molecule has 0 aliphatic rings. The molecule has 2 N–H and O–H groups in total. The van der Waals surface area contributed by atoms with Crippen LogP contribution in [0.15, 0.2) is 41.6 Å². The molecule has 0 saturated carbocycles. The Morgan fingerprint density at radius 3 is 3.04 bits per heavy atom. The van der Waals surface area contributed by atoms with Crippen molar-refractivity contribution in [3.63, 3.8) is 0 Å². The lowest BCUT2D eigenvalue weighted by molar-refractivity contribution is -0.123. The van der Waals surface area contributed by atoms with Gasteiger partial charge in [-0.15, -0.1) is 0 Å². The van der Waals surface area contributed by atoms with Gasteiger partial charge in [0.2, 0.25) is 5.88 Å². The predicted molar refractivity (Wildman–Crippen MR) is 91.0 cm³/mol. The van der Waals surface area contributed by atoms with E-state index in [9.17, 15) is 4.79 Å². The molecule has 0 aliphatic heterocycles. The Bertz CT molecular complexity index is 881. The Hall–Kier alpha value is -3.22. The van der Waals surface area contributed by atoms with Crippen LogP contribution in [0.4, 0.5) is 0 Å². The molecule has 3 aromatic rings. The van der Waals surface area contributed by atoms with E-state index in [2.05, 4.69) is 25.5 Å². The highest BCUT2D eigenvalue weighted by atomic mass is 16.5. The van der Waals surface area contributed by atoms with E-state index in [1.807, 2.05) is 37.4 Å². The van der Waals surface area contributed by atoms with Gasteiger partial charge in [0.25, 0.3) is 5.91 Å². The Labute approximate surface area is 138 Å². The molecule has 122 valence electrons. The van der Waals surface area contributed by atoms with Gasteiger partial charge in [-0.1, -0.05) is 12.1 Å². The van der Waals surface area contributed by atoms with Crippen LogP contribution < -0.4 is 10.2 Å². The van der Waals surface area contributed by atoms with Crippen LogP contribution in [0.2, 0.25) is 0 Å². The molecule has 2 heterocycles. The van der Waals surface area contributed by atoms with Crippen molar-refractivity contribution in [2.45, 2.75) is 13.8 Å². The molecule has 0 atom stereocenters. The van der Waals surface area contributed by atoms with Gasteiger partial charge in [-0.25, -0.2) is 10.4 Å². The third-order valence-electron chi connectivity index (χ3n) is 3.32. The fourth-order valence-corrected chi connectivity index (χ4v) is 2.32. The average Bonchev–Trinajstić information content (AvgIpc) is 3.01. The van der Waals surface area contributed by atoms with E-state index < -0.39 is 0 Å². The minimum Gasteiger partial charge on any atom is -0.467 e. The molecule has 2 aromatic heterocycles. The highest BCUT2D eigenvalue weighted by Crippen LogP contribution is 2.15. The molecule has 7 nitrogen and oxygen atoms in total. The number of carbonyl (C=O) groups excluding carboxylic acids is 1. The molecule has 0 radical (unpaired) electrons. The van der Waals surface area contributed by atoms with Crippen molar-refractivity contribution < 1.29 is 9.53 Å². The standard InChI is InChI=1S/C17H17N5O2/c1-11-8-17(21-12(2)20-11)24-10-16(23)22-19-9-13-4-3-5-15-14(13)6-7-18-15/h3-9,18H,10H2,1-2H3,(H,22,23)/b19-9+. The van der Waals surface area contributed by atoms with Crippen molar-refractivity contribution >= 4 is 23.0 Å². The Morgan fingerprint density at radius 2 is 2.21 bits per heavy atom. The Kier molecular flexibility index (Phi) is 4.51. The molecule has 1 aromatic carbocycles. The highest BCUT2D eigenvalue weighted by molar-refractivity contribution is 5.98. The lowest BCUT2D eigenvalue weighted by Crippen LogP contribution is -2.25. The summed E-state index contributed by atoms with van der Waals surface area (Å²) in [6.45, 7) is 3.45. The van der Waals surface area contributed by atoms with E-state index in [-0.39, 0.29) is 12.5 Å². The number of hydrogen-bond donors (Lipinski definition) is 2. The molecule has 0 spiro atoms. The summed E-state index contributed by atoms with van der Waals surface area (Å²) >= 11 is 0. The maximum absolute atomic E-state index is 11.8. The number of nitrogens with one attached hydrogen (secondary N) is 2. The van der Waals surface area contributed by atoms with Gasteiger partial charge in [-0.05, 0) is 26.0 Å². The zero-order valence-electron chi connectivity index (χ0n) is 13.4. The second-order valence-electron chi connectivity index (χ2n) is 5.26. The summed E-state index contributed by atoms with van der Waals surface area (Å²) in [6.07, 6.45) is 3.47. The van der Waals surface area contributed by atoms with Crippen LogP contribution in [-0.4, -0.2) is 33.7 Å². The lowest BCUT2D eigenvalue weighted by Gasteiger charge is -2.05. The van der Waals surface area contributed by atoms with Crippen molar-refractivity contribution in [2.24, 2.45) is 5.10 Å². The number of H-pyrrole nitrogens is 1. The smallest absolute Gasteiger partial charge is 0.278 e. The predicted octanol–water partition coefficient (Wildman–Crippen LogP) is 2.10. The quantitative estimate of drug-likeness (QED) is 0.555. The zero-order valence-corrected chi connectivity index (χ0v) is 13.4. The second-order valence-corrected chi connectivity index (χ2v) is 5.26. The zero-order chi connectivity index (χ0) is 16.9. The average molecular weight is 323 g/mol. The number of rotatable bonds is 5. The first-order chi connectivity index (χ1) is 11.6. The number of carbonyl (C=O) groups is 1. The molecule has 24 heavy (non-hydrogen) atoms. The van der Waals surface area contributed by atoms with Crippen LogP contribution in [0.25, 0.3) is 10.9 Å². The number of benzene rings is 1. The van der Waals surface area contributed by atoms with E-state index in [1.165, 1.54) is 0 Å². The van der Waals surface area contributed by atoms with Gasteiger partial charge in [-0.3, -0.25) is 4.79 Å². The SMILES string of the molecule is Cc1cc(OCC(=O)N/N=C/c2cccc3[nH]ccc23)nc(C)n1. The van der Waals surface area contributed by atoms with Crippen LogP contribution >= 0.6 is 0 Å². The fraction of sp³-hybridized carbons (Fsp3) is 0.176. The molecule has 0 aliphatic carbocycles. The number of amides is 1. The molecule has 0 bridgehead atoms. The number of aromatic amines is 1. The van der Waals surface area contributed by atoms with Crippen LogP contribution in [0.3, 0.4) is 0 Å². The van der Waals surface area contributed by atoms with Crippen molar-refractivity contribution in [2.75, 3.05) is 6.61 Å². The third-order valence-corrected chi connectivity index (χ3v) is 3.32. The molecule has 0 fully saturated rings. The maximum atomic E-state index is 11.8. The van der Waals surface area contributed by atoms with Crippen molar-refractivity contribution in [3.8, 4) is 5.88 Å². The minimum atomic E-state index is -0.360. The summed E-state index contributed by atoms with van der Waals surface area (Å²) in [5, 5.41) is 5.01. The van der Waals surface area contributed by atoms with Crippen molar-refractivity contribution in [1.29, 1.82) is 0 Å². The van der Waals surface area contributed by atoms with E-state index in [0.717, 1.165) is 22.2 Å². The van der Waals surface area contributed by atoms with E-state index in [1.54, 1.807) is 19.2 Å². The van der Waals surface area contributed by atoms with Crippen molar-refractivity contribution in [3.05, 3.63) is 53.6 Å². The first kappa shape index (κ1) is 15.7. The van der Waals surface area contributed by atoms with E-state index in [0.29, 0.717) is 11.7 Å². The molecule has 1 amide bonds. The van der Waals surface area contributed by atoms with Gasteiger partial charge >= 0.3 is 0 Å². The Balaban J connectivity index is 1.56. The molecule has 7 heteroatoms. The summed E-state index contributed by atoms with van der Waals surface area (Å²) in [4.78, 5) is 23.2. The maximum Gasteiger partial charge on any atom is 0.278 e. The molecular formula is C17H17N5O2. The van der Waals surface area contributed by atoms with Crippen LogP contribution in [0.1, 0.15) is 17.1 Å². The van der Waals surface area contributed by atoms with E-state index in [4.69, 9.17) is 4.74 Å². The molecular weight excluding hydrogens is 306 g/mol. The summed E-state index contributed by atoms with van der Waals surface area (Å²) in [7, 11) is 0. The van der Waals surface area contributed by atoms with Gasteiger partial charge in [0, 0.05) is 34.4 Å². The minimum absolute atomic E-state index is 0.165. The van der Waals surface area contributed by atoms with Gasteiger partial charge < -0.3 is 9.72 Å². The topological polar surface area (TPSA) is 92.3 Å². The number of hydrazone groups is 1. The van der Waals surface area contributed by atoms with Gasteiger partial charge in [0.1, 0.15) is 5.82 Å². The first-order valence-electron chi connectivity index (χ1n) is 7.45. The summed E-state index contributed by atoms with van der Waals surface area (Å²) in [5.74, 6) is 0.612. The number of nitrogens with zero attached hydrogens (tertiary/aromatic N) is 3. The van der Waals surface area contributed by atoms with Gasteiger partial charge in [0.15, 0.2) is 6.61 Å². The number of aromatic nitrogens is 3. The number of aryl methyl sites for hydroxylation is 2. The normalized spacial score (nSPS) is 11.1.